The van der Waals surface area contributed by atoms with Gasteiger partial charge in [-0.05, 0) is 85.5 Å². The molecule has 0 atom stereocenters. The van der Waals surface area contributed by atoms with E-state index < -0.39 is 0 Å². The zero-order valence-electron chi connectivity index (χ0n) is 18.5. The molecule has 1 N–H and O–H groups in total. The second kappa shape index (κ2) is 9.21. The van der Waals surface area contributed by atoms with Crippen molar-refractivity contribution in [3.8, 4) is 11.3 Å². The third-order valence-electron chi connectivity index (χ3n) is 5.69. The number of anilines is 2. The number of nitrogens with zero attached hydrogens (tertiary/aromatic N) is 3. The molecule has 0 unspecified atom stereocenters. The maximum absolute atomic E-state index is 13.1. The Morgan fingerprint density at radius 2 is 1.97 bits per heavy atom. The molecule has 2 aromatic heterocycles. The predicted molar refractivity (Wildman–Crippen MR) is 135 cm³/mol. The standard InChI is InChI=1S/C26H24N4O2S/c1-17-3-5-20(14-23(17)25-8-4-19-15-27-10-9-24(19)29-25)28-26(31)22-7-6-21(13-18(22)2)30-16-32-11-12-33-30/h3-10,13-15H,11-12,16H2,1-2H3,(H,28,31). The first kappa shape index (κ1) is 21.4. The van der Waals surface area contributed by atoms with Gasteiger partial charge in [0.25, 0.3) is 5.91 Å². The lowest BCUT2D eigenvalue weighted by Gasteiger charge is -2.27. The topological polar surface area (TPSA) is 67.3 Å². The Hall–Kier alpha value is -3.42. The average Bonchev–Trinajstić information content (AvgIpc) is 2.85. The number of nitrogens with one attached hydrogen (secondary N) is 1. The highest BCUT2D eigenvalue weighted by molar-refractivity contribution is 8.00. The molecule has 1 aliphatic heterocycles. The van der Waals surface area contributed by atoms with Gasteiger partial charge in [-0.2, -0.15) is 0 Å². The molecule has 0 radical (unpaired) electrons. The van der Waals surface area contributed by atoms with Crippen LogP contribution in [0.3, 0.4) is 0 Å². The van der Waals surface area contributed by atoms with Crippen molar-refractivity contribution in [2.24, 2.45) is 0 Å². The van der Waals surface area contributed by atoms with Crippen LogP contribution in [0.25, 0.3) is 22.2 Å². The molecule has 33 heavy (non-hydrogen) atoms. The molecule has 0 spiro atoms. The molecule has 2 aromatic carbocycles. The van der Waals surface area contributed by atoms with Crippen molar-refractivity contribution in [3.63, 3.8) is 0 Å². The Kier molecular flexibility index (Phi) is 5.98. The van der Waals surface area contributed by atoms with Gasteiger partial charge in [0.05, 0.1) is 17.8 Å². The molecule has 1 saturated heterocycles. The second-order valence-electron chi connectivity index (χ2n) is 8.00. The molecule has 0 saturated carbocycles. The quantitative estimate of drug-likeness (QED) is 0.403. The van der Waals surface area contributed by atoms with Crippen LogP contribution in [0.5, 0.6) is 0 Å². The maximum Gasteiger partial charge on any atom is 0.255 e. The summed E-state index contributed by atoms with van der Waals surface area (Å²) in [4.78, 5) is 22.0. The van der Waals surface area contributed by atoms with Gasteiger partial charge in [0.2, 0.25) is 0 Å². The van der Waals surface area contributed by atoms with Crippen molar-refractivity contribution in [1.29, 1.82) is 0 Å². The fourth-order valence-electron chi connectivity index (χ4n) is 3.89. The van der Waals surface area contributed by atoms with Crippen molar-refractivity contribution >= 4 is 40.1 Å². The molecule has 1 amide bonds. The Morgan fingerprint density at radius 1 is 1.06 bits per heavy atom. The Morgan fingerprint density at radius 3 is 2.79 bits per heavy atom. The molecule has 1 fully saturated rings. The van der Waals surface area contributed by atoms with E-state index in [9.17, 15) is 4.79 Å². The van der Waals surface area contributed by atoms with Crippen LogP contribution in [0.2, 0.25) is 0 Å². The van der Waals surface area contributed by atoms with E-state index in [4.69, 9.17) is 9.72 Å². The van der Waals surface area contributed by atoms with Gasteiger partial charge < -0.3 is 10.1 Å². The number of carbonyl (C=O) groups is 1. The number of hydrogen-bond donors (Lipinski definition) is 1. The monoisotopic (exact) mass is 456 g/mol. The summed E-state index contributed by atoms with van der Waals surface area (Å²) in [5.41, 5.74) is 7.20. The van der Waals surface area contributed by atoms with E-state index in [1.165, 1.54) is 0 Å². The predicted octanol–water partition coefficient (Wildman–Crippen LogP) is 5.61. The van der Waals surface area contributed by atoms with Crippen LogP contribution in [0.4, 0.5) is 11.4 Å². The summed E-state index contributed by atoms with van der Waals surface area (Å²) in [5, 5.41) is 4.05. The fraction of sp³-hybridized carbons (Fsp3) is 0.192. The van der Waals surface area contributed by atoms with Crippen LogP contribution in [0.1, 0.15) is 21.5 Å². The van der Waals surface area contributed by atoms with E-state index in [1.54, 1.807) is 24.3 Å². The summed E-state index contributed by atoms with van der Waals surface area (Å²) in [6, 6.07) is 17.7. The first-order valence-electron chi connectivity index (χ1n) is 10.8. The first-order valence-corrected chi connectivity index (χ1v) is 11.7. The summed E-state index contributed by atoms with van der Waals surface area (Å²) in [5.74, 6) is 0.800. The molecular formula is C26H24N4O2S. The first-order chi connectivity index (χ1) is 16.1. The molecular weight excluding hydrogens is 432 g/mol. The third kappa shape index (κ3) is 4.55. The second-order valence-corrected chi connectivity index (χ2v) is 9.10. The minimum atomic E-state index is -0.131. The van der Waals surface area contributed by atoms with Gasteiger partial charge in [0, 0.05) is 46.0 Å². The number of ether oxygens (including phenoxy) is 1. The largest absolute Gasteiger partial charge is 0.359 e. The van der Waals surface area contributed by atoms with Gasteiger partial charge in [0.1, 0.15) is 6.73 Å². The summed E-state index contributed by atoms with van der Waals surface area (Å²) in [6.07, 6.45) is 3.55. The van der Waals surface area contributed by atoms with Crippen molar-refractivity contribution in [1.82, 2.24) is 9.97 Å². The summed E-state index contributed by atoms with van der Waals surface area (Å²) in [7, 11) is 0. The van der Waals surface area contributed by atoms with Crippen molar-refractivity contribution in [3.05, 3.63) is 83.7 Å². The van der Waals surface area contributed by atoms with Crippen molar-refractivity contribution < 1.29 is 9.53 Å². The van der Waals surface area contributed by atoms with Crippen LogP contribution in [-0.2, 0) is 4.74 Å². The molecule has 6 nitrogen and oxygen atoms in total. The summed E-state index contributed by atoms with van der Waals surface area (Å²) >= 11 is 1.74. The third-order valence-corrected chi connectivity index (χ3v) is 6.66. The van der Waals surface area contributed by atoms with Crippen LogP contribution in [0.15, 0.2) is 67.0 Å². The zero-order valence-corrected chi connectivity index (χ0v) is 19.4. The number of hydrogen-bond acceptors (Lipinski definition) is 6. The smallest absolute Gasteiger partial charge is 0.255 e. The van der Waals surface area contributed by atoms with E-state index in [2.05, 4.69) is 14.6 Å². The number of pyridine rings is 2. The molecule has 7 heteroatoms. The lowest BCUT2D eigenvalue weighted by atomic mass is 10.0. The highest BCUT2D eigenvalue weighted by Gasteiger charge is 2.16. The van der Waals surface area contributed by atoms with Gasteiger partial charge in [-0.3, -0.25) is 14.1 Å². The molecule has 1 aliphatic rings. The van der Waals surface area contributed by atoms with Gasteiger partial charge in [0.15, 0.2) is 0 Å². The molecule has 5 rings (SSSR count). The highest BCUT2D eigenvalue weighted by Crippen LogP contribution is 2.29. The SMILES string of the molecule is Cc1cc(N2COCCS2)ccc1C(=O)Nc1ccc(C)c(-c2ccc3cnccc3n2)c1. The molecule has 0 bridgehead atoms. The van der Waals surface area contributed by atoms with E-state index in [0.717, 1.165) is 57.0 Å². The normalized spacial score (nSPS) is 13.8. The number of aryl methyl sites for hydroxylation is 2. The molecule has 0 aliphatic carbocycles. The number of aromatic nitrogens is 2. The van der Waals surface area contributed by atoms with Gasteiger partial charge in [-0.15, -0.1) is 0 Å². The number of fused-ring (bicyclic) bond motifs is 1. The minimum Gasteiger partial charge on any atom is -0.359 e. The van der Waals surface area contributed by atoms with E-state index >= 15 is 0 Å². The number of carbonyl (C=O) groups excluding carboxylic acids is 1. The van der Waals surface area contributed by atoms with E-state index in [1.807, 2.05) is 68.4 Å². The fourth-order valence-corrected chi connectivity index (χ4v) is 4.71. The molecule has 3 heterocycles. The Balaban J connectivity index is 1.38. The summed E-state index contributed by atoms with van der Waals surface area (Å²) < 4.78 is 7.64. The van der Waals surface area contributed by atoms with Crippen LogP contribution in [-0.4, -0.2) is 35.0 Å². The van der Waals surface area contributed by atoms with E-state index in [0.29, 0.717) is 12.3 Å². The van der Waals surface area contributed by atoms with Gasteiger partial charge >= 0.3 is 0 Å². The minimum absolute atomic E-state index is 0.131. The van der Waals surface area contributed by atoms with Crippen molar-refractivity contribution in [2.45, 2.75) is 13.8 Å². The Labute approximate surface area is 197 Å². The van der Waals surface area contributed by atoms with Gasteiger partial charge in [-0.1, -0.05) is 6.07 Å². The van der Waals surface area contributed by atoms with Gasteiger partial charge in [-0.25, -0.2) is 4.98 Å². The average molecular weight is 457 g/mol. The number of rotatable bonds is 4. The summed E-state index contributed by atoms with van der Waals surface area (Å²) in [6.45, 7) is 5.33. The number of benzene rings is 2. The highest BCUT2D eigenvalue weighted by atomic mass is 32.2. The zero-order chi connectivity index (χ0) is 22.8. The lowest BCUT2D eigenvalue weighted by molar-refractivity contribution is 0.102. The maximum atomic E-state index is 13.1. The van der Waals surface area contributed by atoms with Crippen LogP contribution < -0.4 is 9.62 Å². The van der Waals surface area contributed by atoms with Crippen LogP contribution >= 0.6 is 11.9 Å². The lowest BCUT2D eigenvalue weighted by Crippen LogP contribution is -2.26. The van der Waals surface area contributed by atoms with Crippen molar-refractivity contribution in [2.75, 3.05) is 28.7 Å². The Bertz CT molecular complexity index is 1340. The van der Waals surface area contributed by atoms with Crippen LogP contribution in [0, 0.1) is 13.8 Å². The molecule has 166 valence electrons. The molecule has 4 aromatic rings. The number of amides is 1. The van der Waals surface area contributed by atoms with E-state index in [-0.39, 0.29) is 5.91 Å².